The molecule has 0 heterocycles. The maximum Gasteiger partial charge on any atom is 0.261 e. The van der Waals surface area contributed by atoms with Crippen LogP contribution in [0.4, 0.5) is 11.4 Å². The van der Waals surface area contributed by atoms with Crippen LogP contribution in [0.15, 0.2) is 71.6 Å². The summed E-state index contributed by atoms with van der Waals surface area (Å²) in [7, 11) is -7.42. The third-order valence-electron chi connectivity index (χ3n) is 4.50. The largest absolute Gasteiger partial charge is 0.283 e. The van der Waals surface area contributed by atoms with E-state index >= 15 is 0 Å². The smallest absolute Gasteiger partial charge is 0.261 e. The average molecular weight is 445 g/mol. The summed E-state index contributed by atoms with van der Waals surface area (Å²) in [4.78, 5) is 0.0455. The van der Waals surface area contributed by atoms with Gasteiger partial charge >= 0.3 is 0 Å². The Morgan fingerprint density at radius 3 is 2.03 bits per heavy atom. The molecular formula is C22H24N2O4S2. The molecule has 0 saturated carbocycles. The second-order valence-electron chi connectivity index (χ2n) is 7.30. The Bertz CT molecular complexity index is 1270. The molecule has 0 aliphatic carbocycles. The van der Waals surface area contributed by atoms with Crippen LogP contribution in [0.5, 0.6) is 0 Å². The van der Waals surface area contributed by atoms with Gasteiger partial charge in [-0.2, -0.15) is 0 Å². The molecule has 0 aromatic heterocycles. The van der Waals surface area contributed by atoms with E-state index in [9.17, 15) is 16.8 Å². The molecule has 30 heavy (non-hydrogen) atoms. The fraction of sp³-hybridized carbons (Fsp3) is 0.182. The molecule has 0 radical (unpaired) electrons. The molecule has 0 bridgehead atoms. The van der Waals surface area contributed by atoms with E-state index in [0.717, 1.165) is 16.7 Å². The first-order valence-corrected chi connectivity index (χ1v) is 12.4. The molecule has 2 N–H and O–H groups in total. The molecular weight excluding hydrogens is 420 g/mol. The number of anilines is 2. The van der Waals surface area contributed by atoms with Gasteiger partial charge in [-0.05, 0) is 62.2 Å². The van der Waals surface area contributed by atoms with Gasteiger partial charge in [0.15, 0.2) is 0 Å². The van der Waals surface area contributed by atoms with E-state index in [2.05, 4.69) is 9.44 Å². The van der Waals surface area contributed by atoms with Crippen LogP contribution < -0.4 is 9.44 Å². The number of aryl methyl sites for hydroxylation is 3. The highest BCUT2D eigenvalue weighted by molar-refractivity contribution is 7.92. The van der Waals surface area contributed by atoms with Gasteiger partial charge in [0.25, 0.3) is 10.0 Å². The maximum absolute atomic E-state index is 12.7. The summed E-state index contributed by atoms with van der Waals surface area (Å²) in [5.41, 5.74) is 4.32. The molecule has 6 nitrogen and oxygen atoms in total. The Balaban J connectivity index is 1.73. The first kappa shape index (κ1) is 21.9. The number of rotatable bonds is 7. The van der Waals surface area contributed by atoms with Gasteiger partial charge in [0, 0.05) is 5.69 Å². The highest BCUT2D eigenvalue weighted by Gasteiger charge is 2.17. The Morgan fingerprint density at radius 1 is 0.733 bits per heavy atom. The van der Waals surface area contributed by atoms with Gasteiger partial charge in [-0.3, -0.25) is 9.44 Å². The molecule has 0 amide bonds. The number of nitrogens with one attached hydrogen (secondary N) is 2. The predicted molar refractivity (Wildman–Crippen MR) is 121 cm³/mol. The number of benzene rings is 3. The summed E-state index contributed by atoms with van der Waals surface area (Å²) in [6, 6.07) is 18.3. The summed E-state index contributed by atoms with van der Waals surface area (Å²) in [6.45, 7) is 5.66. The second kappa shape index (κ2) is 8.49. The standard InChI is InChI=1S/C22H24N2O4S2/c1-16-5-4-6-19(14-16)15-29(25,26)23-20-8-10-21(11-9-20)30(27,28)24-22-12-7-17(2)13-18(22)3/h4-14,23-24H,15H2,1-3H3. The van der Waals surface area contributed by atoms with Gasteiger partial charge in [0.05, 0.1) is 16.3 Å². The molecule has 0 saturated heterocycles. The zero-order valence-corrected chi connectivity index (χ0v) is 18.6. The van der Waals surface area contributed by atoms with Crippen molar-refractivity contribution >= 4 is 31.4 Å². The van der Waals surface area contributed by atoms with Gasteiger partial charge in [-0.1, -0.05) is 47.5 Å². The van der Waals surface area contributed by atoms with E-state index < -0.39 is 20.0 Å². The minimum absolute atomic E-state index is 0.0455. The van der Waals surface area contributed by atoms with Crippen molar-refractivity contribution in [3.63, 3.8) is 0 Å². The SMILES string of the molecule is Cc1cccc(CS(=O)(=O)Nc2ccc(S(=O)(=O)Nc3ccc(C)cc3C)cc2)c1. The third kappa shape index (κ3) is 5.61. The van der Waals surface area contributed by atoms with Crippen molar-refractivity contribution in [3.8, 4) is 0 Å². The van der Waals surface area contributed by atoms with Crippen LogP contribution in [0.3, 0.4) is 0 Å². The van der Waals surface area contributed by atoms with Gasteiger partial charge < -0.3 is 0 Å². The summed E-state index contributed by atoms with van der Waals surface area (Å²) in [6.07, 6.45) is 0. The fourth-order valence-corrected chi connectivity index (χ4v) is 5.39. The monoisotopic (exact) mass is 444 g/mol. The molecule has 0 spiro atoms. The minimum atomic E-state index is -3.79. The Kier molecular flexibility index (Phi) is 6.19. The number of sulfonamides is 2. The minimum Gasteiger partial charge on any atom is -0.283 e. The lowest BCUT2D eigenvalue weighted by Crippen LogP contribution is -2.16. The molecule has 0 fully saturated rings. The number of hydrogen-bond acceptors (Lipinski definition) is 4. The van der Waals surface area contributed by atoms with Crippen molar-refractivity contribution in [1.82, 2.24) is 0 Å². The topological polar surface area (TPSA) is 92.3 Å². The van der Waals surface area contributed by atoms with Crippen LogP contribution >= 0.6 is 0 Å². The van der Waals surface area contributed by atoms with Gasteiger partial charge in [0.1, 0.15) is 0 Å². The molecule has 0 aliphatic heterocycles. The lowest BCUT2D eigenvalue weighted by Gasteiger charge is -2.12. The fourth-order valence-electron chi connectivity index (χ4n) is 3.07. The van der Waals surface area contributed by atoms with Crippen molar-refractivity contribution in [3.05, 3.63) is 89.0 Å². The Hall–Kier alpha value is -2.84. The molecule has 3 rings (SSSR count). The highest BCUT2D eigenvalue weighted by Crippen LogP contribution is 2.22. The van der Waals surface area contributed by atoms with Gasteiger partial charge in [-0.25, -0.2) is 16.8 Å². The van der Waals surface area contributed by atoms with Crippen LogP contribution in [0.1, 0.15) is 22.3 Å². The van der Waals surface area contributed by atoms with Gasteiger partial charge in [0.2, 0.25) is 10.0 Å². The van der Waals surface area contributed by atoms with Crippen molar-refractivity contribution in [2.24, 2.45) is 0 Å². The lowest BCUT2D eigenvalue weighted by molar-refractivity contribution is 0.599. The van der Waals surface area contributed by atoms with Crippen LogP contribution in [0, 0.1) is 20.8 Å². The molecule has 0 aliphatic rings. The average Bonchev–Trinajstić information content (AvgIpc) is 2.64. The van der Waals surface area contributed by atoms with E-state index in [1.54, 1.807) is 12.1 Å². The van der Waals surface area contributed by atoms with E-state index in [0.29, 0.717) is 16.9 Å². The summed E-state index contributed by atoms with van der Waals surface area (Å²) < 4.78 is 55.2. The highest BCUT2D eigenvalue weighted by atomic mass is 32.2. The number of hydrogen-bond donors (Lipinski definition) is 2. The molecule has 3 aromatic carbocycles. The van der Waals surface area contributed by atoms with Crippen LogP contribution in [-0.4, -0.2) is 16.8 Å². The molecule has 0 atom stereocenters. The molecule has 158 valence electrons. The van der Waals surface area contributed by atoms with Crippen molar-refractivity contribution in [2.45, 2.75) is 31.4 Å². The van der Waals surface area contributed by atoms with Crippen LogP contribution in [0.25, 0.3) is 0 Å². The van der Waals surface area contributed by atoms with E-state index in [1.165, 1.54) is 24.3 Å². The first-order valence-electron chi connectivity index (χ1n) is 9.30. The predicted octanol–water partition coefficient (Wildman–Crippen LogP) is 4.35. The summed E-state index contributed by atoms with van der Waals surface area (Å²) >= 11 is 0. The van der Waals surface area contributed by atoms with Crippen LogP contribution in [0.2, 0.25) is 0 Å². The Labute approximate surface area is 178 Å². The molecule has 8 heteroatoms. The van der Waals surface area contributed by atoms with E-state index in [-0.39, 0.29) is 10.6 Å². The van der Waals surface area contributed by atoms with Crippen LogP contribution in [-0.2, 0) is 25.8 Å². The normalized spacial score (nSPS) is 11.8. The zero-order valence-electron chi connectivity index (χ0n) is 17.0. The Morgan fingerprint density at radius 2 is 1.40 bits per heavy atom. The molecule has 0 unspecified atom stereocenters. The van der Waals surface area contributed by atoms with Crippen molar-refractivity contribution < 1.29 is 16.8 Å². The maximum atomic E-state index is 12.7. The van der Waals surface area contributed by atoms with E-state index in [1.807, 2.05) is 51.1 Å². The van der Waals surface area contributed by atoms with E-state index in [4.69, 9.17) is 0 Å². The summed E-state index contributed by atoms with van der Waals surface area (Å²) in [5.74, 6) is -0.164. The zero-order chi connectivity index (χ0) is 21.9. The molecule has 3 aromatic rings. The van der Waals surface area contributed by atoms with Gasteiger partial charge in [-0.15, -0.1) is 0 Å². The summed E-state index contributed by atoms with van der Waals surface area (Å²) in [5, 5.41) is 0. The van der Waals surface area contributed by atoms with Crippen molar-refractivity contribution in [1.29, 1.82) is 0 Å². The second-order valence-corrected chi connectivity index (χ2v) is 10.7. The quantitative estimate of drug-likeness (QED) is 0.566. The first-order chi connectivity index (χ1) is 14.0. The third-order valence-corrected chi connectivity index (χ3v) is 7.14. The lowest BCUT2D eigenvalue weighted by atomic mass is 10.1. The van der Waals surface area contributed by atoms with Crippen molar-refractivity contribution in [2.75, 3.05) is 9.44 Å².